The van der Waals surface area contributed by atoms with Gasteiger partial charge in [0.1, 0.15) is 0 Å². The Morgan fingerprint density at radius 2 is 2.10 bits per heavy atom. The Morgan fingerprint density at radius 1 is 1.30 bits per heavy atom. The third-order valence-corrected chi connectivity index (χ3v) is 4.08. The summed E-state index contributed by atoms with van der Waals surface area (Å²) in [6, 6.07) is 5.48. The lowest BCUT2D eigenvalue weighted by Crippen LogP contribution is -2.33. The fourth-order valence-corrected chi connectivity index (χ4v) is 2.89. The SMILES string of the molecule is CCCNCCNC(=O)C1CC1c1ccc(Cl)cc1Cl. The minimum Gasteiger partial charge on any atom is -0.355 e. The Hall–Kier alpha value is -0.770. The van der Waals surface area contributed by atoms with Gasteiger partial charge in [0.25, 0.3) is 0 Å². The van der Waals surface area contributed by atoms with Crippen molar-refractivity contribution in [1.82, 2.24) is 10.6 Å². The number of halogens is 2. The highest BCUT2D eigenvalue weighted by molar-refractivity contribution is 6.35. The van der Waals surface area contributed by atoms with Crippen LogP contribution in [0.5, 0.6) is 0 Å². The summed E-state index contributed by atoms with van der Waals surface area (Å²) in [7, 11) is 0. The van der Waals surface area contributed by atoms with Gasteiger partial charge in [0.2, 0.25) is 5.91 Å². The van der Waals surface area contributed by atoms with Crippen LogP contribution in [0.4, 0.5) is 0 Å². The highest BCUT2D eigenvalue weighted by atomic mass is 35.5. The summed E-state index contributed by atoms with van der Waals surface area (Å²) >= 11 is 12.1. The first-order chi connectivity index (χ1) is 9.63. The second-order valence-corrected chi connectivity index (χ2v) is 6.00. The zero-order chi connectivity index (χ0) is 14.5. The zero-order valence-electron chi connectivity index (χ0n) is 11.6. The molecule has 0 bridgehead atoms. The Morgan fingerprint density at radius 3 is 2.80 bits per heavy atom. The van der Waals surface area contributed by atoms with Crippen molar-refractivity contribution in [2.45, 2.75) is 25.7 Å². The van der Waals surface area contributed by atoms with Crippen molar-refractivity contribution >= 4 is 29.1 Å². The molecule has 1 aromatic carbocycles. The molecule has 2 N–H and O–H groups in total. The summed E-state index contributed by atoms with van der Waals surface area (Å²) in [6.07, 6.45) is 1.98. The van der Waals surface area contributed by atoms with Gasteiger partial charge in [-0.1, -0.05) is 36.2 Å². The number of nitrogens with one attached hydrogen (secondary N) is 2. The molecular weight excluding hydrogens is 295 g/mol. The molecule has 1 aromatic rings. The van der Waals surface area contributed by atoms with Crippen molar-refractivity contribution in [3.63, 3.8) is 0 Å². The quantitative estimate of drug-likeness (QED) is 0.759. The average molecular weight is 315 g/mol. The second-order valence-electron chi connectivity index (χ2n) is 5.16. The number of carbonyl (C=O) groups excluding carboxylic acids is 1. The molecule has 1 aliphatic rings. The topological polar surface area (TPSA) is 41.1 Å². The number of benzene rings is 1. The first-order valence-electron chi connectivity index (χ1n) is 7.07. The molecule has 2 rings (SSSR count). The minimum atomic E-state index is 0.0554. The van der Waals surface area contributed by atoms with Crippen LogP contribution in [-0.2, 0) is 4.79 Å². The highest BCUT2D eigenvalue weighted by Gasteiger charge is 2.44. The lowest BCUT2D eigenvalue weighted by molar-refractivity contribution is -0.122. The molecule has 1 saturated carbocycles. The van der Waals surface area contributed by atoms with Crippen molar-refractivity contribution in [2.24, 2.45) is 5.92 Å². The summed E-state index contributed by atoms with van der Waals surface area (Å²) in [5, 5.41) is 7.50. The number of amides is 1. The van der Waals surface area contributed by atoms with Crippen LogP contribution in [0.25, 0.3) is 0 Å². The van der Waals surface area contributed by atoms with Crippen LogP contribution in [0.3, 0.4) is 0 Å². The number of rotatable bonds is 7. The molecule has 0 heterocycles. The van der Waals surface area contributed by atoms with Gasteiger partial charge in [0.05, 0.1) is 0 Å². The summed E-state index contributed by atoms with van der Waals surface area (Å²) in [4.78, 5) is 12.0. The van der Waals surface area contributed by atoms with Gasteiger partial charge in [-0.15, -0.1) is 0 Å². The third kappa shape index (κ3) is 4.11. The van der Waals surface area contributed by atoms with E-state index < -0.39 is 0 Å². The second kappa shape index (κ2) is 7.30. The van der Waals surface area contributed by atoms with Crippen molar-refractivity contribution in [3.8, 4) is 0 Å². The third-order valence-electron chi connectivity index (χ3n) is 3.52. The molecule has 110 valence electrons. The molecule has 2 unspecified atom stereocenters. The van der Waals surface area contributed by atoms with Crippen LogP contribution >= 0.6 is 23.2 Å². The predicted octanol–water partition coefficient (Wildman–Crippen LogP) is 3.21. The van der Waals surface area contributed by atoms with Gasteiger partial charge >= 0.3 is 0 Å². The van der Waals surface area contributed by atoms with Gasteiger partial charge < -0.3 is 10.6 Å². The van der Waals surface area contributed by atoms with E-state index in [1.807, 2.05) is 12.1 Å². The van der Waals surface area contributed by atoms with Gasteiger partial charge in [-0.25, -0.2) is 0 Å². The van der Waals surface area contributed by atoms with E-state index in [0.717, 1.165) is 31.5 Å². The Labute approximate surface area is 130 Å². The lowest BCUT2D eigenvalue weighted by atomic mass is 10.1. The molecule has 0 aromatic heterocycles. The predicted molar refractivity (Wildman–Crippen MR) is 83.5 cm³/mol. The Bertz CT molecular complexity index is 479. The van der Waals surface area contributed by atoms with Crippen LogP contribution < -0.4 is 10.6 Å². The fourth-order valence-electron chi connectivity index (χ4n) is 2.34. The lowest BCUT2D eigenvalue weighted by Gasteiger charge is -2.07. The maximum Gasteiger partial charge on any atom is 0.223 e. The fraction of sp³-hybridized carbons (Fsp3) is 0.533. The molecule has 5 heteroatoms. The summed E-state index contributed by atoms with van der Waals surface area (Å²) < 4.78 is 0. The van der Waals surface area contributed by atoms with Gasteiger partial charge in [0.15, 0.2) is 0 Å². The van der Waals surface area contributed by atoms with Crippen LogP contribution in [-0.4, -0.2) is 25.5 Å². The standard InChI is InChI=1S/C15H20Cl2N2O/c1-2-5-18-6-7-19-15(20)13-9-12(13)11-4-3-10(16)8-14(11)17/h3-4,8,12-13,18H,2,5-7,9H2,1H3,(H,19,20). The first kappa shape index (κ1) is 15.6. The van der Waals surface area contributed by atoms with Crippen LogP contribution in [0.1, 0.15) is 31.2 Å². The van der Waals surface area contributed by atoms with E-state index >= 15 is 0 Å². The molecule has 20 heavy (non-hydrogen) atoms. The van der Waals surface area contributed by atoms with Crippen molar-refractivity contribution in [3.05, 3.63) is 33.8 Å². The maximum absolute atomic E-state index is 12.0. The van der Waals surface area contributed by atoms with E-state index in [-0.39, 0.29) is 17.7 Å². The smallest absolute Gasteiger partial charge is 0.223 e. The van der Waals surface area contributed by atoms with Gasteiger partial charge in [0, 0.05) is 29.1 Å². The van der Waals surface area contributed by atoms with Crippen LogP contribution in [0.15, 0.2) is 18.2 Å². The number of carbonyl (C=O) groups is 1. The number of hydrogen-bond donors (Lipinski definition) is 2. The van der Waals surface area contributed by atoms with E-state index in [4.69, 9.17) is 23.2 Å². The zero-order valence-corrected chi connectivity index (χ0v) is 13.1. The molecule has 1 amide bonds. The molecule has 0 radical (unpaired) electrons. The van der Waals surface area contributed by atoms with E-state index in [1.54, 1.807) is 6.07 Å². The van der Waals surface area contributed by atoms with E-state index in [2.05, 4.69) is 17.6 Å². The Balaban J connectivity index is 1.77. The minimum absolute atomic E-state index is 0.0554. The van der Waals surface area contributed by atoms with Gasteiger partial charge in [-0.2, -0.15) is 0 Å². The molecule has 0 aliphatic heterocycles. The molecular formula is C15H20Cl2N2O. The van der Waals surface area contributed by atoms with E-state index in [0.29, 0.717) is 16.6 Å². The van der Waals surface area contributed by atoms with Crippen molar-refractivity contribution < 1.29 is 4.79 Å². The van der Waals surface area contributed by atoms with Gasteiger partial charge in [-0.05, 0) is 43.0 Å². The van der Waals surface area contributed by atoms with E-state index in [1.165, 1.54) is 0 Å². The normalized spacial score (nSPS) is 20.8. The van der Waals surface area contributed by atoms with Crippen LogP contribution in [0, 0.1) is 5.92 Å². The molecule has 1 aliphatic carbocycles. The summed E-state index contributed by atoms with van der Waals surface area (Å²) in [6.45, 7) is 4.60. The maximum atomic E-state index is 12.0. The van der Waals surface area contributed by atoms with Crippen molar-refractivity contribution in [1.29, 1.82) is 0 Å². The molecule has 3 nitrogen and oxygen atoms in total. The monoisotopic (exact) mass is 314 g/mol. The molecule has 2 atom stereocenters. The van der Waals surface area contributed by atoms with E-state index in [9.17, 15) is 4.79 Å². The van der Waals surface area contributed by atoms with Crippen LogP contribution in [0.2, 0.25) is 10.0 Å². The summed E-state index contributed by atoms with van der Waals surface area (Å²) in [5.41, 5.74) is 1.03. The van der Waals surface area contributed by atoms with Crippen molar-refractivity contribution in [2.75, 3.05) is 19.6 Å². The number of hydrogen-bond acceptors (Lipinski definition) is 2. The molecule has 0 saturated heterocycles. The highest BCUT2D eigenvalue weighted by Crippen LogP contribution is 2.49. The molecule has 0 spiro atoms. The summed E-state index contributed by atoms with van der Waals surface area (Å²) in [5.74, 6) is 0.419. The average Bonchev–Trinajstić information content (AvgIpc) is 3.18. The largest absolute Gasteiger partial charge is 0.355 e. The first-order valence-corrected chi connectivity index (χ1v) is 7.82. The Kier molecular flexibility index (Phi) is 5.70. The van der Waals surface area contributed by atoms with Gasteiger partial charge in [-0.3, -0.25) is 4.79 Å². The molecule has 1 fully saturated rings.